The second-order valence-electron chi connectivity index (χ2n) is 4.70. The van der Waals surface area contributed by atoms with Gasteiger partial charge in [0, 0.05) is 11.6 Å². The number of terminal acetylenes is 1. The fraction of sp³-hybridized carbons (Fsp3) is 0.400. The summed E-state index contributed by atoms with van der Waals surface area (Å²) in [6, 6.07) is 9.75. The summed E-state index contributed by atoms with van der Waals surface area (Å²) in [6.45, 7) is 4.94. The van der Waals surface area contributed by atoms with Crippen LogP contribution in [0.5, 0.6) is 5.75 Å². The number of hydrogen-bond donors (Lipinski definition) is 1. The van der Waals surface area contributed by atoms with E-state index in [1.807, 2.05) is 44.2 Å². The molecule has 5 nitrogen and oxygen atoms in total. The lowest BCUT2D eigenvalue weighted by Crippen LogP contribution is -2.31. The maximum absolute atomic E-state index is 10.7. The standard InChI is InChI=1S/C10H9NO.C6H11NO2.C2H6.C2H2/c1-12-10-6-7-11-9-5-3-2-4-8(9)10;1-9-6(8)5-3-2-4-7-5;2*1-2/h2-7H,1H3;5,7H,2-4H2,1H3;1-2H3;1-2H/t;5-;;/m.0../s1. The first kappa shape index (κ1) is 22.4. The van der Waals surface area contributed by atoms with Crippen molar-refractivity contribution in [3.05, 3.63) is 36.5 Å². The van der Waals surface area contributed by atoms with Crippen LogP contribution >= 0.6 is 0 Å². The van der Waals surface area contributed by atoms with Gasteiger partial charge in [-0.25, -0.2) is 0 Å². The number of ether oxygens (including phenoxy) is 2. The molecule has 0 saturated carbocycles. The van der Waals surface area contributed by atoms with Crippen LogP contribution in [0.1, 0.15) is 26.7 Å². The molecule has 136 valence electrons. The summed E-state index contributed by atoms with van der Waals surface area (Å²) < 4.78 is 9.72. The van der Waals surface area contributed by atoms with Gasteiger partial charge >= 0.3 is 5.97 Å². The number of para-hydroxylation sites is 1. The number of rotatable bonds is 2. The van der Waals surface area contributed by atoms with Crippen LogP contribution in [0.15, 0.2) is 36.5 Å². The van der Waals surface area contributed by atoms with Gasteiger partial charge in [-0.15, -0.1) is 12.8 Å². The maximum atomic E-state index is 10.7. The van der Waals surface area contributed by atoms with E-state index in [9.17, 15) is 4.79 Å². The monoisotopic (exact) mass is 344 g/mol. The lowest BCUT2D eigenvalue weighted by Gasteiger charge is -2.04. The molecular formula is C20H28N2O3. The molecule has 0 spiro atoms. The highest BCUT2D eigenvalue weighted by molar-refractivity contribution is 5.84. The van der Waals surface area contributed by atoms with Crippen molar-refractivity contribution in [2.45, 2.75) is 32.7 Å². The average molecular weight is 344 g/mol. The molecule has 0 bridgehead atoms. The van der Waals surface area contributed by atoms with E-state index in [-0.39, 0.29) is 12.0 Å². The van der Waals surface area contributed by atoms with E-state index in [1.54, 1.807) is 13.3 Å². The van der Waals surface area contributed by atoms with E-state index in [0.717, 1.165) is 36.0 Å². The van der Waals surface area contributed by atoms with Gasteiger partial charge in [-0.2, -0.15) is 0 Å². The van der Waals surface area contributed by atoms with E-state index in [4.69, 9.17) is 4.74 Å². The summed E-state index contributed by atoms with van der Waals surface area (Å²) >= 11 is 0. The number of pyridine rings is 1. The number of fused-ring (bicyclic) bond motifs is 1. The molecule has 1 aliphatic rings. The fourth-order valence-corrected chi connectivity index (χ4v) is 2.28. The van der Waals surface area contributed by atoms with E-state index < -0.39 is 0 Å². The minimum absolute atomic E-state index is 0.0324. The predicted molar refractivity (Wildman–Crippen MR) is 103 cm³/mol. The summed E-state index contributed by atoms with van der Waals surface area (Å²) in [4.78, 5) is 14.9. The van der Waals surface area contributed by atoms with Crippen molar-refractivity contribution < 1.29 is 14.3 Å². The van der Waals surface area contributed by atoms with Crippen molar-refractivity contribution in [3.8, 4) is 18.6 Å². The van der Waals surface area contributed by atoms with Gasteiger partial charge in [0.25, 0.3) is 0 Å². The number of hydrogen-bond acceptors (Lipinski definition) is 5. The number of carbonyl (C=O) groups is 1. The predicted octanol–water partition coefficient (Wildman–Crippen LogP) is 3.43. The number of carbonyl (C=O) groups excluding carboxylic acids is 1. The molecule has 0 unspecified atom stereocenters. The molecule has 5 heteroatoms. The molecule has 1 N–H and O–H groups in total. The minimum Gasteiger partial charge on any atom is -0.496 e. The maximum Gasteiger partial charge on any atom is 0.322 e. The largest absolute Gasteiger partial charge is 0.496 e. The first-order valence-electron chi connectivity index (χ1n) is 8.28. The number of benzene rings is 1. The molecule has 1 aromatic carbocycles. The van der Waals surface area contributed by atoms with Crippen molar-refractivity contribution in [2.24, 2.45) is 0 Å². The number of aromatic nitrogens is 1. The zero-order chi connectivity index (χ0) is 19.1. The Hall–Kier alpha value is -2.58. The summed E-state index contributed by atoms with van der Waals surface area (Å²) in [5, 5.41) is 4.09. The SMILES string of the molecule is C#C.CC.COC(=O)[C@@H]1CCCN1.COc1ccnc2ccccc12. The topological polar surface area (TPSA) is 60.5 Å². The van der Waals surface area contributed by atoms with Crippen LogP contribution in [0, 0.1) is 12.8 Å². The number of esters is 1. The second-order valence-corrected chi connectivity index (χ2v) is 4.70. The van der Waals surface area contributed by atoms with Crippen molar-refractivity contribution in [1.29, 1.82) is 0 Å². The van der Waals surface area contributed by atoms with Crippen LogP contribution in [0.4, 0.5) is 0 Å². The third kappa shape index (κ3) is 7.23. The van der Waals surface area contributed by atoms with Crippen molar-refractivity contribution in [1.82, 2.24) is 10.3 Å². The Morgan fingerprint density at radius 1 is 1.20 bits per heavy atom. The van der Waals surface area contributed by atoms with Crippen LogP contribution in [0.3, 0.4) is 0 Å². The molecule has 1 aliphatic heterocycles. The first-order valence-corrected chi connectivity index (χ1v) is 8.28. The van der Waals surface area contributed by atoms with E-state index in [0.29, 0.717) is 0 Å². The lowest BCUT2D eigenvalue weighted by molar-refractivity contribution is -0.142. The molecule has 0 aliphatic carbocycles. The average Bonchev–Trinajstić information content (AvgIpc) is 3.25. The highest BCUT2D eigenvalue weighted by Gasteiger charge is 2.21. The highest BCUT2D eigenvalue weighted by atomic mass is 16.5. The van der Waals surface area contributed by atoms with Crippen LogP contribution in [0.25, 0.3) is 10.9 Å². The van der Waals surface area contributed by atoms with Gasteiger partial charge < -0.3 is 14.8 Å². The Morgan fingerprint density at radius 3 is 2.44 bits per heavy atom. The molecule has 1 saturated heterocycles. The van der Waals surface area contributed by atoms with Crippen LogP contribution in [0.2, 0.25) is 0 Å². The molecule has 0 radical (unpaired) electrons. The Bertz CT molecular complexity index is 630. The minimum atomic E-state index is -0.132. The normalized spacial score (nSPS) is 14.6. The Labute approximate surface area is 150 Å². The molecule has 2 heterocycles. The van der Waals surface area contributed by atoms with Gasteiger partial charge in [0.2, 0.25) is 0 Å². The van der Waals surface area contributed by atoms with Gasteiger partial charge in [-0.1, -0.05) is 26.0 Å². The smallest absolute Gasteiger partial charge is 0.322 e. The summed E-state index contributed by atoms with van der Waals surface area (Å²) in [6.07, 6.45) is 11.8. The lowest BCUT2D eigenvalue weighted by atomic mass is 10.2. The van der Waals surface area contributed by atoms with Gasteiger partial charge in [-0.05, 0) is 37.6 Å². The molecule has 1 fully saturated rings. The van der Waals surface area contributed by atoms with Gasteiger partial charge in [0.15, 0.2) is 0 Å². The number of nitrogens with zero attached hydrogens (tertiary/aromatic N) is 1. The van der Waals surface area contributed by atoms with Crippen molar-refractivity contribution >= 4 is 16.9 Å². The van der Waals surface area contributed by atoms with Gasteiger partial charge in [0.05, 0.1) is 19.7 Å². The second kappa shape index (κ2) is 13.8. The Balaban J connectivity index is 0.000000396. The van der Waals surface area contributed by atoms with Crippen LogP contribution < -0.4 is 10.1 Å². The zero-order valence-corrected chi connectivity index (χ0v) is 15.5. The first-order chi connectivity index (χ1) is 12.3. The molecule has 1 aromatic heterocycles. The summed E-state index contributed by atoms with van der Waals surface area (Å²) in [7, 11) is 3.09. The van der Waals surface area contributed by atoms with Crippen molar-refractivity contribution in [2.75, 3.05) is 20.8 Å². The molecule has 0 amide bonds. The molecule has 25 heavy (non-hydrogen) atoms. The Kier molecular flexibility index (Phi) is 12.4. The van der Waals surface area contributed by atoms with Crippen LogP contribution in [-0.4, -0.2) is 37.8 Å². The molecule has 3 rings (SSSR count). The third-order valence-electron chi connectivity index (χ3n) is 3.37. The highest BCUT2D eigenvalue weighted by Crippen LogP contribution is 2.22. The van der Waals surface area contributed by atoms with Gasteiger partial charge in [0.1, 0.15) is 11.8 Å². The summed E-state index contributed by atoms with van der Waals surface area (Å²) in [5.74, 6) is 0.744. The van der Waals surface area contributed by atoms with Crippen molar-refractivity contribution in [3.63, 3.8) is 0 Å². The summed E-state index contributed by atoms with van der Waals surface area (Å²) in [5.41, 5.74) is 0.969. The quantitative estimate of drug-likeness (QED) is 0.668. The van der Waals surface area contributed by atoms with E-state index in [2.05, 4.69) is 27.9 Å². The molecular weight excluding hydrogens is 316 g/mol. The fourth-order valence-electron chi connectivity index (χ4n) is 2.28. The number of nitrogens with one attached hydrogen (secondary N) is 1. The molecule has 1 atom stereocenters. The number of methoxy groups -OCH3 is 2. The van der Waals surface area contributed by atoms with Gasteiger partial charge in [-0.3, -0.25) is 9.78 Å². The van der Waals surface area contributed by atoms with E-state index >= 15 is 0 Å². The zero-order valence-electron chi connectivity index (χ0n) is 15.5. The van der Waals surface area contributed by atoms with E-state index in [1.165, 1.54) is 7.11 Å². The van der Waals surface area contributed by atoms with Crippen LogP contribution in [-0.2, 0) is 9.53 Å². The molecule has 2 aromatic rings. The third-order valence-corrected chi connectivity index (χ3v) is 3.37. The Morgan fingerprint density at radius 2 is 1.88 bits per heavy atom.